The molecule has 24 heavy (non-hydrogen) atoms. The molecule has 1 aromatic carbocycles. The lowest BCUT2D eigenvalue weighted by Gasteiger charge is -2.16. The Balaban J connectivity index is 1.80. The zero-order valence-corrected chi connectivity index (χ0v) is 12.5. The Labute approximate surface area is 135 Å². The first-order chi connectivity index (χ1) is 11.4. The lowest BCUT2D eigenvalue weighted by atomic mass is 9.89. The number of likely N-dealkylation sites (tertiary alicyclic amines) is 1. The standard InChI is InChI=1S/C16H15F3N2O3/c17-16(18,19)14-11(9-24-20-14)6-21-7-12(13(8-21)15(22)23)10-4-2-1-3-5-10/h1-5,9,12-13H,6-8H2,(H,22,23)/t12-,13+/m0/s1. The Morgan fingerprint density at radius 3 is 2.62 bits per heavy atom. The number of rotatable bonds is 4. The largest absolute Gasteiger partial charge is 0.481 e. The number of benzene rings is 1. The van der Waals surface area contributed by atoms with E-state index in [1.54, 1.807) is 4.90 Å². The van der Waals surface area contributed by atoms with Crippen molar-refractivity contribution in [2.24, 2.45) is 5.92 Å². The zero-order valence-electron chi connectivity index (χ0n) is 12.5. The van der Waals surface area contributed by atoms with E-state index in [-0.39, 0.29) is 24.6 Å². The highest BCUT2D eigenvalue weighted by molar-refractivity contribution is 5.72. The van der Waals surface area contributed by atoms with Gasteiger partial charge in [0.25, 0.3) is 0 Å². The fraction of sp³-hybridized carbons (Fsp3) is 0.375. The minimum absolute atomic E-state index is 0.0501. The van der Waals surface area contributed by atoms with Gasteiger partial charge in [0.2, 0.25) is 0 Å². The van der Waals surface area contributed by atoms with Gasteiger partial charge >= 0.3 is 12.1 Å². The molecule has 0 radical (unpaired) electrons. The van der Waals surface area contributed by atoms with E-state index < -0.39 is 23.8 Å². The minimum atomic E-state index is -4.59. The molecule has 1 saturated heterocycles. The molecule has 0 bridgehead atoms. The first-order valence-corrected chi connectivity index (χ1v) is 7.37. The first-order valence-electron chi connectivity index (χ1n) is 7.37. The molecule has 0 aliphatic carbocycles. The maximum Gasteiger partial charge on any atom is 0.437 e. The van der Waals surface area contributed by atoms with Gasteiger partial charge < -0.3 is 9.63 Å². The summed E-state index contributed by atoms with van der Waals surface area (Å²) in [7, 11) is 0. The molecule has 5 nitrogen and oxygen atoms in total. The highest BCUT2D eigenvalue weighted by Gasteiger charge is 2.41. The third-order valence-electron chi connectivity index (χ3n) is 4.25. The van der Waals surface area contributed by atoms with E-state index in [4.69, 9.17) is 0 Å². The van der Waals surface area contributed by atoms with Crippen molar-refractivity contribution in [3.63, 3.8) is 0 Å². The van der Waals surface area contributed by atoms with Crippen molar-refractivity contribution >= 4 is 5.97 Å². The first kappa shape index (κ1) is 16.5. The second-order valence-electron chi connectivity index (χ2n) is 5.84. The van der Waals surface area contributed by atoms with Gasteiger partial charge in [-0.15, -0.1) is 0 Å². The maximum atomic E-state index is 12.9. The molecule has 1 fully saturated rings. The third kappa shape index (κ3) is 3.28. The topological polar surface area (TPSA) is 66.6 Å². The van der Waals surface area contributed by atoms with Crippen molar-refractivity contribution in [2.45, 2.75) is 18.6 Å². The molecule has 128 valence electrons. The zero-order chi connectivity index (χ0) is 17.3. The average Bonchev–Trinajstić information content (AvgIpc) is 3.15. The highest BCUT2D eigenvalue weighted by atomic mass is 19.4. The van der Waals surface area contributed by atoms with Gasteiger partial charge in [-0.3, -0.25) is 9.69 Å². The molecule has 1 N–H and O–H groups in total. The SMILES string of the molecule is O=C(O)[C@@H]1CN(Cc2conc2C(F)(F)F)C[C@H]1c1ccccc1. The van der Waals surface area contributed by atoms with Crippen molar-refractivity contribution in [1.29, 1.82) is 0 Å². The van der Waals surface area contributed by atoms with Crippen LogP contribution in [0.25, 0.3) is 0 Å². The Morgan fingerprint density at radius 1 is 1.29 bits per heavy atom. The number of carboxylic acids is 1. The Morgan fingerprint density at radius 2 is 2.00 bits per heavy atom. The molecule has 0 spiro atoms. The maximum absolute atomic E-state index is 12.9. The molecule has 1 aliphatic rings. The van der Waals surface area contributed by atoms with E-state index in [9.17, 15) is 23.1 Å². The van der Waals surface area contributed by atoms with Crippen LogP contribution in [0.1, 0.15) is 22.7 Å². The van der Waals surface area contributed by atoms with E-state index in [1.165, 1.54) is 0 Å². The number of carbonyl (C=O) groups is 1. The predicted octanol–water partition coefficient (Wildman–Crippen LogP) is 2.99. The third-order valence-corrected chi connectivity index (χ3v) is 4.25. The Bertz CT molecular complexity index is 715. The van der Waals surface area contributed by atoms with Crippen molar-refractivity contribution in [3.05, 3.63) is 53.4 Å². The van der Waals surface area contributed by atoms with Gasteiger partial charge in [-0.25, -0.2) is 0 Å². The minimum Gasteiger partial charge on any atom is -0.481 e. The molecular formula is C16H15F3N2O3. The van der Waals surface area contributed by atoms with Crippen LogP contribution in [0.4, 0.5) is 13.2 Å². The van der Waals surface area contributed by atoms with Gasteiger partial charge in [-0.1, -0.05) is 35.5 Å². The van der Waals surface area contributed by atoms with Crippen LogP contribution in [0.15, 0.2) is 41.1 Å². The number of alkyl halides is 3. The summed E-state index contributed by atoms with van der Waals surface area (Å²) in [5, 5.41) is 12.5. The van der Waals surface area contributed by atoms with Gasteiger partial charge in [0, 0.05) is 31.1 Å². The number of halogens is 3. The van der Waals surface area contributed by atoms with E-state index in [1.807, 2.05) is 30.3 Å². The van der Waals surface area contributed by atoms with Gasteiger partial charge in [-0.2, -0.15) is 13.2 Å². The van der Waals surface area contributed by atoms with Gasteiger partial charge in [0.05, 0.1) is 5.92 Å². The van der Waals surface area contributed by atoms with E-state index in [0.717, 1.165) is 11.8 Å². The van der Waals surface area contributed by atoms with Crippen LogP contribution < -0.4 is 0 Å². The number of hydrogen-bond donors (Lipinski definition) is 1. The second kappa shape index (κ2) is 6.27. The smallest absolute Gasteiger partial charge is 0.437 e. The lowest BCUT2D eigenvalue weighted by molar-refractivity contribution is -0.144. The summed E-state index contributed by atoms with van der Waals surface area (Å²) >= 11 is 0. The van der Waals surface area contributed by atoms with E-state index in [2.05, 4.69) is 9.68 Å². The van der Waals surface area contributed by atoms with Crippen LogP contribution in [0, 0.1) is 5.92 Å². The summed E-state index contributed by atoms with van der Waals surface area (Å²) in [6, 6.07) is 9.14. The number of carboxylic acid groups (broad SMARTS) is 1. The van der Waals surface area contributed by atoms with E-state index in [0.29, 0.717) is 6.54 Å². The van der Waals surface area contributed by atoms with Crippen molar-refractivity contribution in [2.75, 3.05) is 13.1 Å². The summed E-state index contributed by atoms with van der Waals surface area (Å²) in [4.78, 5) is 13.2. The van der Waals surface area contributed by atoms with Crippen LogP contribution in [0.3, 0.4) is 0 Å². The number of nitrogens with zero attached hydrogens (tertiary/aromatic N) is 2. The lowest BCUT2D eigenvalue weighted by Crippen LogP contribution is -2.24. The summed E-state index contributed by atoms with van der Waals surface area (Å²) in [6.45, 7) is 0.492. The Kier molecular flexibility index (Phi) is 4.31. The number of aliphatic carboxylic acids is 1. The monoisotopic (exact) mass is 340 g/mol. The summed E-state index contributed by atoms with van der Waals surface area (Å²) < 4.78 is 43.1. The summed E-state index contributed by atoms with van der Waals surface area (Å²) in [6.07, 6.45) is -3.62. The molecule has 3 rings (SSSR count). The normalized spacial score (nSPS) is 22.0. The fourth-order valence-electron chi connectivity index (χ4n) is 3.15. The molecule has 2 aromatic rings. The fourth-order valence-corrected chi connectivity index (χ4v) is 3.15. The molecule has 1 aromatic heterocycles. The molecular weight excluding hydrogens is 325 g/mol. The molecule has 8 heteroatoms. The average molecular weight is 340 g/mol. The molecule has 0 amide bonds. The van der Waals surface area contributed by atoms with Crippen LogP contribution in [0.2, 0.25) is 0 Å². The van der Waals surface area contributed by atoms with Gasteiger partial charge in [0.1, 0.15) is 6.26 Å². The van der Waals surface area contributed by atoms with Crippen molar-refractivity contribution in [1.82, 2.24) is 10.1 Å². The van der Waals surface area contributed by atoms with Crippen molar-refractivity contribution in [3.8, 4) is 0 Å². The predicted molar refractivity (Wildman–Crippen MR) is 77.1 cm³/mol. The van der Waals surface area contributed by atoms with E-state index >= 15 is 0 Å². The molecule has 0 saturated carbocycles. The van der Waals surface area contributed by atoms with Crippen LogP contribution in [-0.4, -0.2) is 34.2 Å². The van der Waals surface area contributed by atoms with Crippen LogP contribution in [-0.2, 0) is 17.5 Å². The number of aromatic nitrogens is 1. The van der Waals surface area contributed by atoms with Crippen LogP contribution in [0.5, 0.6) is 0 Å². The van der Waals surface area contributed by atoms with Gasteiger partial charge in [0.15, 0.2) is 5.69 Å². The summed E-state index contributed by atoms with van der Waals surface area (Å²) in [5.41, 5.74) is -0.272. The molecule has 0 unspecified atom stereocenters. The second-order valence-corrected chi connectivity index (χ2v) is 5.84. The molecule has 1 aliphatic heterocycles. The Hall–Kier alpha value is -2.35. The van der Waals surface area contributed by atoms with Crippen molar-refractivity contribution < 1.29 is 27.6 Å². The van der Waals surface area contributed by atoms with Gasteiger partial charge in [-0.05, 0) is 5.56 Å². The molecule has 2 atom stereocenters. The quantitative estimate of drug-likeness (QED) is 0.927. The highest BCUT2D eigenvalue weighted by Crippen LogP contribution is 2.36. The number of hydrogen-bond acceptors (Lipinski definition) is 4. The van der Waals surface area contributed by atoms with Crippen LogP contribution >= 0.6 is 0 Å². The molecule has 2 heterocycles. The summed E-state index contributed by atoms with van der Waals surface area (Å²) in [5.74, 6) is -1.88.